The number of likely N-dealkylation sites (N-methyl/N-ethyl adjacent to an activating group) is 1. The number of nitrogens with zero attached hydrogens (tertiary/aromatic N) is 2. The second-order valence-electron chi connectivity index (χ2n) is 4.73. The number of aromatic nitrogens is 1. The van der Waals surface area contributed by atoms with Crippen LogP contribution in [-0.2, 0) is 14.8 Å². The maximum Gasteiger partial charge on any atom is 0.352 e. The van der Waals surface area contributed by atoms with E-state index in [2.05, 4.69) is 0 Å². The quantitative estimate of drug-likeness (QED) is 0.742. The van der Waals surface area contributed by atoms with Gasteiger partial charge in [-0.15, -0.1) is 0 Å². The Morgan fingerprint density at radius 1 is 1.50 bits per heavy atom. The summed E-state index contributed by atoms with van der Waals surface area (Å²) in [6.45, 7) is -0.459. The van der Waals surface area contributed by atoms with Crippen LogP contribution in [0.1, 0.15) is 29.4 Å². The largest absolute Gasteiger partial charge is 0.477 e. The molecule has 1 saturated carbocycles. The number of amides is 1. The fraction of sp³-hybridized carbons (Fsp3) is 0.455. The molecule has 0 bridgehead atoms. The molecule has 8 nitrogen and oxygen atoms in total. The first-order chi connectivity index (χ1) is 9.23. The predicted molar refractivity (Wildman–Crippen MR) is 68.7 cm³/mol. The molecule has 1 aliphatic rings. The standard InChI is InChI=1S/C11H15N3O5S/c1-13(6-10(12)15)20(18,19)8-4-9(11(16)17)14(5-8)7-2-3-7/h4-5,7H,2-3,6H2,1H3,(H2,12,15)(H,16,17). The van der Waals surface area contributed by atoms with Crippen molar-refractivity contribution in [3.05, 3.63) is 18.0 Å². The zero-order valence-corrected chi connectivity index (χ0v) is 11.6. The summed E-state index contributed by atoms with van der Waals surface area (Å²) >= 11 is 0. The molecule has 0 aliphatic heterocycles. The number of nitrogens with two attached hydrogens (primary N) is 1. The van der Waals surface area contributed by atoms with Crippen molar-refractivity contribution in [2.75, 3.05) is 13.6 Å². The van der Waals surface area contributed by atoms with E-state index in [-0.39, 0.29) is 16.6 Å². The molecule has 0 atom stereocenters. The summed E-state index contributed by atoms with van der Waals surface area (Å²) in [4.78, 5) is 21.8. The minimum absolute atomic E-state index is 0.0338. The molecule has 0 aromatic carbocycles. The van der Waals surface area contributed by atoms with Crippen LogP contribution in [0.4, 0.5) is 0 Å². The Bertz CT molecular complexity index is 660. The molecule has 0 saturated heterocycles. The number of carboxylic acids is 1. The average Bonchev–Trinajstić information content (AvgIpc) is 3.06. The Labute approximate surface area is 115 Å². The van der Waals surface area contributed by atoms with E-state index in [1.807, 2.05) is 0 Å². The van der Waals surface area contributed by atoms with Gasteiger partial charge in [0.2, 0.25) is 15.9 Å². The van der Waals surface area contributed by atoms with Crippen molar-refractivity contribution in [1.82, 2.24) is 8.87 Å². The van der Waals surface area contributed by atoms with E-state index in [1.165, 1.54) is 17.8 Å². The van der Waals surface area contributed by atoms with Gasteiger partial charge < -0.3 is 15.4 Å². The van der Waals surface area contributed by atoms with Crippen molar-refractivity contribution in [1.29, 1.82) is 0 Å². The number of rotatable bonds is 6. The molecule has 1 aromatic rings. The maximum atomic E-state index is 12.2. The van der Waals surface area contributed by atoms with Crippen LogP contribution in [0.3, 0.4) is 0 Å². The van der Waals surface area contributed by atoms with E-state index in [0.29, 0.717) is 0 Å². The monoisotopic (exact) mass is 301 g/mol. The molecule has 1 aliphatic carbocycles. The van der Waals surface area contributed by atoms with Gasteiger partial charge in [0.05, 0.1) is 6.54 Å². The van der Waals surface area contributed by atoms with Crippen molar-refractivity contribution in [2.45, 2.75) is 23.8 Å². The normalized spacial score (nSPS) is 15.5. The lowest BCUT2D eigenvalue weighted by Gasteiger charge is -2.13. The minimum atomic E-state index is -3.93. The van der Waals surface area contributed by atoms with Crippen molar-refractivity contribution >= 4 is 21.9 Å². The molecular weight excluding hydrogens is 286 g/mol. The van der Waals surface area contributed by atoms with E-state index in [0.717, 1.165) is 23.2 Å². The van der Waals surface area contributed by atoms with Gasteiger partial charge in [-0.3, -0.25) is 4.79 Å². The van der Waals surface area contributed by atoms with Crippen LogP contribution in [0, 0.1) is 0 Å². The highest BCUT2D eigenvalue weighted by Gasteiger charge is 2.32. The van der Waals surface area contributed by atoms with E-state index in [1.54, 1.807) is 0 Å². The summed E-state index contributed by atoms with van der Waals surface area (Å²) in [5.74, 6) is -1.97. The number of carboxylic acid groups (broad SMARTS) is 1. The lowest BCUT2D eigenvalue weighted by atomic mass is 10.4. The Balaban J connectivity index is 2.39. The highest BCUT2D eigenvalue weighted by Crippen LogP contribution is 2.37. The second kappa shape index (κ2) is 4.91. The molecule has 9 heteroatoms. The summed E-state index contributed by atoms with van der Waals surface area (Å²) in [5, 5.41) is 9.10. The van der Waals surface area contributed by atoms with Crippen molar-refractivity contribution in [3.8, 4) is 0 Å². The molecule has 1 amide bonds. The fourth-order valence-corrected chi connectivity index (χ4v) is 3.07. The number of carbonyl (C=O) groups is 2. The third-order valence-corrected chi connectivity index (χ3v) is 4.84. The molecular formula is C11H15N3O5S. The van der Waals surface area contributed by atoms with Gasteiger partial charge in [0.25, 0.3) is 0 Å². The van der Waals surface area contributed by atoms with Crippen LogP contribution in [-0.4, -0.2) is 47.9 Å². The highest BCUT2D eigenvalue weighted by atomic mass is 32.2. The van der Waals surface area contributed by atoms with Gasteiger partial charge in [-0.2, -0.15) is 4.31 Å². The lowest BCUT2D eigenvalue weighted by molar-refractivity contribution is -0.118. The highest BCUT2D eigenvalue weighted by molar-refractivity contribution is 7.89. The van der Waals surface area contributed by atoms with Gasteiger partial charge >= 0.3 is 5.97 Å². The number of hydrogen-bond donors (Lipinski definition) is 2. The third-order valence-electron chi connectivity index (χ3n) is 3.07. The first kappa shape index (κ1) is 14.5. The number of carbonyl (C=O) groups excluding carboxylic acids is 1. The Morgan fingerprint density at radius 2 is 2.10 bits per heavy atom. The topological polar surface area (TPSA) is 123 Å². The fourth-order valence-electron chi connectivity index (χ4n) is 1.91. The SMILES string of the molecule is CN(CC(N)=O)S(=O)(=O)c1cc(C(=O)O)n(C2CC2)c1. The molecule has 0 radical (unpaired) electrons. The van der Waals surface area contributed by atoms with Crippen LogP contribution in [0.15, 0.2) is 17.2 Å². The first-order valence-electron chi connectivity index (χ1n) is 5.93. The minimum Gasteiger partial charge on any atom is -0.477 e. The summed E-state index contributed by atoms with van der Waals surface area (Å²) < 4.78 is 26.7. The Hall–Kier alpha value is -1.87. The number of sulfonamides is 1. The van der Waals surface area contributed by atoms with Crippen LogP contribution in [0.2, 0.25) is 0 Å². The maximum absolute atomic E-state index is 12.2. The first-order valence-corrected chi connectivity index (χ1v) is 7.37. The number of aromatic carboxylic acids is 1. The molecule has 2 rings (SSSR count). The lowest BCUT2D eigenvalue weighted by Crippen LogP contribution is -2.35. The van der Waals surface area contributed by atoms with Crippen LogP contribution in [0.5, 0.6) is 0 Å². The zero-order valence-electron chi connectivity index (χ0n) is 10.8. The van der Waals surface area contributed by atoms with E-state index in [9.17, 15) is 18.0 Å². The van der Waals surface area contributed by atoms with Crippen LogP contribution in [0.25, 0.3) is 0 Å². The third kappa shape index (κ3) is 2.68. The van der Waals surface area contributed by atoms with Crippen LogP contribution < -0.4 is 5.73 Å². The van der Waals surface area contributed by atoms with Gasteiger partial charge in [0, 0.05) is 19.3 Å². The molecule has 0 spiro atoms. The Morgan fingerprint density at radius 3 is 2.55 bits per heavy atom. The second-order valence-corrected chi connectivity index (χ2v) is 6.78. The molecule has 1 fully saturated rings. The van der Waals surface area contributed by atoms with Crippen molar-refractivity contribution in [2.24, 2.45) is 5.73 Å². The zero-order chi connectivity index (χ0) is 15.1. The van der Waals surface area contributed by atoms with Gasteiger partial charge in [-0.05, 0) is 18.9 Å². The van der Waals surface area contributed by atoms with Crippen molar-refractivity contribution in [3.63, 3.8) is 0 Å². The average molecular weight is 301 g/mol. The molecule has 1 aromatic heterocycles. The predicted octanol–water partition coefficient (Wildman–Crippen LogP) is -0.373. The van der Waals surface area contributed by atoms with Crippen LogP contribution >= 0.6 is 0 Å². The molecule has 110 valence electrons. The van der Waals surface area contributed by atoms with E-state index < -0.39 is 28.4 Å². The molecule has 3 N–H and O–H groups in total. The molecule has 0 unspecified atom stereocenters. The van der Waals surface area contributed by atoms with Gasteiger partial charge in [-0.25, -0.2) is 13.2 Å². The number of primary amides is 1. The summed E-state index contributed by atoms with van der Waals surface area (Å²) in [6, 6.07) is 1.14. The van der Waals surface area contributed by atoms with Gasteiger partial charge in [-0.1, -0.05) is 0 Å². The van der Waals surface area contributed by atoms with E-state index in [4.69, 9.17) is 10.8 Å². The summed E-state index contributed by atoms with van der Waals surface area (Å²) in [6.07, 6.45) is 2.95. The van der Waals surface area contributed by atoms with Gasteiger partial charge in [0.15, 0.2) is 0 Å². The van der Waals surface area contributed by atoms with Crippen molar-refractivity contribution < 1.29 is 23.1 Å². The Kier molecular flexibility index (Phi) is 3.57. The number of hydrogen-bond acceptors (Lipinski definition) is 4. The summed E-state index contributed by atoms with van der Waals surface area (Å²) in [7, 11) is -2.71. The molecule has 1 heterocycles. The summed E-state index contributed by atoms with van der Waals surface area (Å²) in [5.41, 5.74) is 4.89. The smallest absolute Gasteiger partial charge is 0.352 e. The van der Waals surface area contributed by atoms with E-state index >= 15 is 0 Å². The molecule has 20 heavy (non-hydrogen) atoms. The van der Waals surface area contributed by atoms with Gasteiger partial charge in [0.1, 0.15) is 10.6 Å².